The molecule has 2 heteroatoms. The Kier molecular flexibility index (Phi) is 5.49. The summed E-state index contributed by atoms with van der Waals surface area (Å²) in [6.07, 6.45) is 13.6. The predicted octanol–water partition coefficient (Wildman–Crippen LogP) is 4.69. The van der Waals surface area contributed by atoms with Crippen molar-refractivity contribution in [1.29, 1.82) is 0 Å². The number of nitrogens with zero attached hydrogens (tertiary/aromatic N) is 2. The van der Waals surface area contributed by atoms with Gasteiger partial charge in [-0.05, 0) is 37.5 Å². The largest absolute Gasteiger partial charge is 0.323 e. The summed E-state index contributed by atoms with van der Waals surface area (Å²) in [7, 11) is 0. The second kappa shape index (κ2) is 7.50. The van der Waals surface area contributed by atoms with Crippen LogP contribution in [0, 0.1) is 23.7 Å². The maximum absolute atomic E-state index is 2.52. The summed E-state index contributed by atoms with van der Waals surface area (Å²) in [4.78, 5) is 0. The van der Waals surface area contributed by atoms with E-state index in [1.54, 1.807) is 0 Å². The summed E-state index contributed by atoms with van der Waals surface area (Å²) in [5.74, 6) is 4.17. The van der Waals surface area contributed by atoms with Crippen molar-refractivity contribution in [3.63, 3.8) is 0 Å². The van der Waals surface area contributed by atoms with Crippen LogP contribution in [-0.2, 0) is 0 Å². The Morgan fingerprint density at radius 2 is 0.920 bits per heavy atom. The lowest BCUT2D eigenvalue weighted by atomic mass is 9.78. The molecule has 6 saturated heterocycles. The molecular formula is C23H44N2+2. The molecular weight excluding hydrogens is 304 g/mol. The number of quaternary nitrogens is 2. The Labute approximate surface area is 157 Å². The third-order valence-corrected chi connectivity index (χ3v) is 9.12. The smallest absolute Gasteiger partial charge is 0.0815 e. The van der Waals surface area contributed by atoms with E-state index in [1.807, 2.05) is 0 Å². The quantitative estimate of drug-likeness (QED) is 0.441. The molecule has 6 aliphatic heterocycles. The minimum Gasteiger partial charge on any atom is -0.323 e. The summed E-state index contributed by atoms with van der Waals surface area (Å²) in [6, 6.07) is 0. The standard InChI is InChI=1S/C23H44N2/c1-20-18-24(14-8-22(20)9-15-24)12-6-4-3-5-7-13-25-16-10-23(11-17-25)21(2)19-25/h20-23H,3-19H2,1-2H3/q+2. The number of rotatable bonds is 8. The van der Waals surface area contributed by atoms with Gasteiger partial charge >= 0.3 is 0 Å². The third kappa shape index (κ3) is 3.95. The number of hydrogen-bond acceptors (Lipinski definition) is 0. The van der Waals surface area contributed by atoms with Gasteiger partial charge in [-0.2, -0.15) is 0 Å². The second-order valence-corrected chi connectivity index (χ2v) is 10.8. The first-order valence-electron chi connectivity index (χ1n) is 11.8. The molecule has 6 fully saturated rings. The summed E-state index contributed by atoms with van der Waals surface area (Å²) in [6.45, 7) is 17.1. The molecule has 6 aliphatic rings. The van der Waals surface area contributed by atoms with E-state index in [2.05, 4.69) is 13.8 Å². The molecule has 0 radical (unpaired) electrons. The van der Waals surface area contributed by atoms with Crippen LogP contribution in [0.15, 0.2) is 0 Å². The van der Waals surface area contributed by atoms with Gasteiger partial charge in [-0.1, -0.05) is 20.3 Å². The molecule has 0 aromatic carbocycles. The molecule has 0 aromatic heterocycles. The first-order valence-corrected chi connectivity index (χ1v) is 11.8. The molecule has 0 spiro atoms. The van der Waals surface area contributed by atoms with E-state index in [-0.39, 0.29) is 0 Å². The van der Waals surface area contributed by atoms with Gasteiger partial charge in [0.2, 0.25) is 0 Å². The van der Waals surface area contributed by atoms with E-state index in [1.165, 1.54) is 119 Å². The van der Waals surface area contributed by atoms with Gasteiger partial charge in [0.25, 0.3) is 0 Å². The van der Waals surface area contributed by atoms with Crippen LogP contribution in [0.3, 0.4) is 0 Å². The van der Waals surface area contributed by atoms with Crippen molar-refractivity contribution in [2.75, 3.05) is 52.4 Å². The topological polar surface area (TPSA) is 0 Å². The van der Waals surface area contributed by atoms with Crippen LogP contribution in [-0.4, -0.2) is 61.3 Å². The maximum Gasteiger partial charge on any atom is 0.0815 e. The summed E-state index contributed by atoms with van der Waals surface area (Å²) in [5, 5.41) is 0. The Hall–Kier alpha value is -0.0800. The van der Waals surface area contributed by atoms with Crippen LogP contribution < -0.4 is 0 Å². The molecule has 2 unspecified atom stereocenters. The summed E-state index contributed by atoms with van der Waals surface area (Å²) >= 11 is 0. The number of unbranched alkanes of at least 4 members (excludes halogenated alkanes) is 4. The fourth-order valence-electron chi connectivity index (χ4n) is 7.35. The number of fused-ring (bicyclic) bond motifs is 6. The molecule has 0 aliphatic carbocycles. The average molecular weight is 349 g/mol. The Balaban J connectivity index is 1.10. The van der Waals surface area contributed by atoms with Crippen molar-refractivity contribution in [1.82, 2.24) is 0 Å². The first kappa shape index (κ1) is 18.3. The minimum atomic E-state index is 1.01. The van der Waals surface area contributed by atoms with Crippen LogP contribution in [0.5, 0.6) is 0 Å². The molecule has 144 valence electrons. The lowest BCUT2D eigenvalue weighted by Gasteiger charge is -2.52. The van der Waals surface area contributed by atoms with Crippen molar-refractivity contribution in [3.05, 3.63) is 0 Å². The van der Waals surface area contributed by atoms with Crippen molar-refractivity contribution < 1.29 is 8.97 Å². The average Bonchev–Trinajstić information content (AvgIpc) is 2.62. The van der Waals surface area contributed by atoms with Gasteiger partial charge in [-0.3, -0.25) is 0 Å². The number of hydrogen-bond donors (Lipinski definition) is 0. The summed E-state index contributed by atoms with van der Waals surface area (Å²) in [5.41, 5.74) is 0. The van der Waals surface area contributed by atoms with E-state index in [0.717, 1.165) is 23.7 Å². The lowest BCUT2D eigenvalue weighted by Crippen LogP contribution is -2.61. The van der Waals surface area contributed by atoms with E-state index >= 15 is 0 Å². The number of piperidine rings is 6. The molecule has 25 heavy (non-hydrogen) atoms. The van der Waals surface area contributed by atoms with E-state index in [9.17, 15) is 0 Å². The Morgan fingerprint density at radius 3 is 1.28 bits per heavy atom. The van der Waals surface area contributed by atoms with Gasteiger partial charge in [0, 0.05) is 37.5 Å². The fourth-order valence-corrected chi connectivity index (χ4v) is 7.35. The van der Waals surface area contributed by atoms with Gasteiger partial charge in [0.05, 0.1) is 52.4 Å². The Morgan fingerprint density at radius 1 is 0.560 bits per heavy atom. The van der Waals surface area contributed by atoms with Crippen LogP contribution in [0.4, 0.5) is 0 Å². The zero-order valence-electron chi connectivity index (χ0n) is 17.2. The third-order valence-electron chi connectivity index (χ3n) is 9.12. The zero-order chi connectivity index (χ0) is 17.3. The van der Waals surface area contributed by atoms with Gasteiger partial charge in [-0.15, -0.1) is 0 Å². The molecule has 0 N–H and O–H groups in total. The van der Waals surface area contributed by atoms with Crippen molar-refractivity contribution >= 4 is 0 Å². The zero-order valence-corrected chi connectivity index (χ0v) is 17.2. The lowest BCUT2D eigenvalue weighted by molar-refractivity contribution is -0.947. The van der Waals surface area contributed by atoms with Gasteiger partial charge in [-0.25, -0.2) is 0 Å². The fraction of sp³-hybridized carbons (Fsp3) is 1.00. The highest BCUT2D eigenvalue weighted by molar-refractivity contribution is 4.78. The van der Waals surface area contributed by atoms with E-state index in [4.69, 9.17) is 0 Å². The first-order chi connectivity index (χ1) is 12.1. The highest BCUT2D eigenvalue weighted by Gasteiger charge is 2.44. The van der Waals surface area contributed by atoms with Gasteiger partial charge in [0.15, 0.2) is 0 Å². The van der Waals surface area contributed by atoms with E-state index in [0.29, 0.717) is 0 Å². The van der Waals surface area contributed by atoms with Gasteiger partial charge in [0.1, 0.15) is 0 Å². The molecule has 0 saturated carbocycles. The highest BCUT2D eigenvalue weighted by atomic mass is 15.4. The monoisotopic (exact) mass is 348 g/mol. The second-order valence-electron chi connectivity index (χ2n) is 10.8. The van der Waals surface area contributed by atoms with Crippen molar-refractivity contribution in [2.45, 2.75) is 71.6 Å². The SMILES string of the molecule is CC1C[N+]2(CCCCCCC[N+]34CCC(CC3)C(C)C4)CCC1CC2. The molecule has 2 atom stereocenters. The molecule has 6 heterocycles. The molecule has 0 amide bonds. The molecule has 2 nitrogen and oxygen atoms in total. The van der Waals surface area contributed by atoms with Crippen LogP contribution >= 0.6 is 0 Å². The van der Waals surface area contributed by atoms with Gasteiger partial charge < -0.3 is 8.97 Å². The van der Waals surface area contributed by atoms with Crippen molar-refractivity contribution in [3.8, 4) is 0 Å². The predicted molar refractivity (Wildman–Crippen MR) is 106 cm³/mol. The summed E-state index contributed by atoms with van der Waals surface area (Å²) < 4.78 is 2.99. The molecule has 6 rings (SSSR count). The van der Waals surface area contributed by atoms with Crippen molar-refractivity contribution in [2.24, 2.45) is 23.7 Å². The molecule has 4 bridgehead atoms. The van der Waals surface area contributed by atoms with Crippen LogP contribution in [0.1, 0.15) is 71.6 Å². The van der Waals surface area contributed by atoms with Crippen LogP contribution in [0.25, 0.3) is 0 Å². The van der Waals surface area contributed by atoms with E-state index < -0.39 is 0 Å². The maximum atomic E-state index is 2.52. The molecule has 0 aromatic rings. The minimum absolute atomic E-state index is 1.01. The highest BCUT2D eigenvalue weighted by Crippen LogP contribution is 2.38. The normalized spacial score (nSPS) is 45.8. The van der Waals surface area contributed by atoms with Crippen LogP contribution in [0.2, 0.25) is 0 Å². The Bertz CT molecular complexity index is 389.